The van der Waals surface area contributed by atoms with Gasteiger partial charge in [0.25, 0.3) is 5.56 Å². The molecule has 17 heavy (non-hydrogen) atoms. The van der Waals surface area contributed by atoms with Crippen LogP contribution in [0.4, 0.5) is 0 Å². The van der Waals surface area contributed by atoms with Crippen molar-refractivity contribution < 1.29 is 0 Å². The molecule has 0 aliphatic heterocycles. The van der Waals surface area contributed by atoms with E-state index in [4.69, 9.17) is 0 Å². The van der Waals surface area contributed by atoms with Crippen molar-refractivity contribution in [1.29, 1.82) is 0 Å². The molecule has 0 fully saturated rings. The molecule has 2 rings (SSSR count). The molecule has 0 radical (unpaired) electrons. The first-order chi connectivity index (χ1) is 8.24. The fourth-order valence-corrected chi connectivity index (χ4v) is 2.70. The Balaban J connectivity index is 2.21. The van der Waals surface area contributed by atoms with E-state index in [1.165, 1.54) is 11.5 Å². The maximum atomic E-state index is 12.1. The molecule has 92 valence electrons. The zero-order valence-corrected chi connectivity index (χ0v) is 11.4. The maximum absolute atomic E-state index is 12.1. The largest absolute Gasteiger partial charge is 0.299 e. The summed E-state index contributed by atoms with van der Waals surface area (Å²) >= 11 is 5.45. The van der Waals surface area contributed by atoms with Crippen LogP contribution in [0.5, 0.6) is 0 Å². The highest BCUT2D eigenvalue weighted by Crippen LogP contribution is 2.15. The van der Waals surface area contributed by atoms with Crippen molar-refractivity contribution in [3.63, 3.8) is 0 Å². The van der Waals surface area contributed by atoms with Crippen molar-refractivity contribution in [2.75, 3.05) is 5.75 Å². The summed E-state index contributed by atoms with van der Waals surface area (Å²) in [6.45, 7) is 2.58. The smallest absolute Gasteiger partial charge is 0.263 e. The molecule has 0 N–H and O–H groups in total. The lowest BCUT2D eigenvalue weighted by Gasteiger charge is -2.04. The highest BCUT2D eigenvalue weighted by atomic mass is 32.1. The van der Waals surface area contributed by atoms with Gasteiger partial charge in [-0.15, -0.1) is 0 Å². The number of hydrogen-bond donors (Lipinski definition) is 1. The van der Waals surface area contributed by atoms with Crippen molar-refractivity contribution in [2.24, 2.45) is 0 Å². The van der Waals surface area contributed by atoms with Crippen LogP contribution in [0.1, 0.15) is 25.0 Å². The van der Waals surface area contributed by atoms with Crippen LogP contribution < -0.4 is 5.56 Å². The van der Waals surface area contributed by atoms with E-state index >= 15 is 0 Å². The Morgan fingerprint density at radius 1 is 1.41 bits per heavy atom. The first-order valence-electron chi connectivity index (χ1n) is 5.66. The average molecular weight is 269 g/mol. The van der Waals surface area contributed by atoms with E-state index in [0.717, 1.165) is 42.1 Å². The molecule has 0 atom stereocenters. The van der Waals surface area contributed by atoms with Crippen molar-refractivity contribution in [2.45, 2.75) is 32.7 Å². The summed E-state index contributed by atoms with van der Waals surface area (Å²) in [5.41, 5.74) is 0.819. The normalized spacial score (nSPS) is 11.2. The van der Waals surface area contributed by atoms with E-state index in [2.05, 4.69) is 22.0 Å². The summed E-state index contributed by atoms with van der Waals surface area (Å²) in [5, 5.41) is 0.673. The van der Waals surface area contributed by atoms with Gasteiger partial charge in [-0.05, 0) is 37.1 Å². The van der Waals surface area contributed by atoms with Crippen LogP contribution in [-0.4, -0.2) is 19.7 Å². The molecule has 0 amide bonds. The van der Waals surface area contributed by atoms with E-state index < -0.39 is 0 Å². The lowest BCUT2D eigenvalue weighted by Crippen LogP contribution is -2.20. The van der Waals surface area contributed by atoms with E-state index in [1.54, 1.807) is 10.9 Å². The van der Waals surface area contributed by atoms with Crippen LogP contribution in [-0.2, 0) is 6.54 Å². The predicted octanol–water partition coefficient (Wildman–Crippen LogP) is 2.26. The molecule has 6 heteroatoms. The molecule has 0 spiro atoms. The Labute approximate surface area is 109 Å². The molecule has 0 unspecified atom stereocenters. The lowest BCUT2D eigenvalue weighted by molar-refractivity contribution is 0.586. The van der Waals surface area contributed by atoms with Gasteiger partial charge in [0.2, 0.25) is 0 Å². The minimum absolute atomic E-state index is 0.0344. The zero-order chi connectivity index (χ0) is 12.3. The fourth-order valence-electron chi connectivity index (χ4n) is 1.74. The first-order valence-corrected chi connectivity index (χ1v) is 7.07. The molecule has 2 aromatic rings. The molecule has 0 saturated heterocycles. The minimum atomic E-state index is 0.0344. The average Bonchev–Trinajstić information content (AvgIpc) is 2.70. The highest BCUT2D eigenvalue weighted by Gasteiger charge is 2.09. The second kappa shape index (κ2) is 5.64. The van der Waals surface area contributed by atoms with Crippen LogP contribution >= 0.6 is 24.2 Å². The molecule has 2 aromatic heterocycles. The summed E-state index contributed by atoms with van der Waals surface area (Å²) in [6, 6.07) is 0. The number of thiol groups is 1. The van der Waals surface area contributed by atoms with Gasteiger partial charge in [0, 0.05) is 6.54 Å². The van der Waals surface area contributed by atoms with E-state index in [1.807, 2.05) is 6.92 Å². The molecular formula is C11H15N3OS2. The zero-order valence-electron chi connectivity index (χ0n) is 9.72. The number of hydrogen-bond acceptors (Lipinski definition) is 5. The van der Waals surface area contributed by atoms with Crippen LogP contribution in [0, 0.1) is 6.92 Å². The quantitative estimate of drug-likeness (QED) is 0.669. The number of unbranched alkanes of at least 4 members (excludes halogenated alkanes) is 2. The van der Waals surface area contributed by atoms with E-state index in [-0.39, 0.29) is 5.56 Å². The van der Waals surface area contributed by atoms with Crippen LogP contribution in [0.25, 0.3) is 10.2 Å². The number of rotatable bonds is 5. The minimum Gasteiger partial charge on any atom is -0.299 e. The van der Waals surface area contributed by atoms with Gasteiger partial charge in [0.05, 0.1) is 17.4 Å². The molecule has 2 heterocycles. The summed E-state index contributed by atoms with van der Waals surface area (Å²) in [5.74, 6) is 0.903. The number of aromatic nitrogens is 3. The van der Waals surface area contributed by atoms with Gasteiger partial charge in [-0.25, -0.2) is 4.98 Å². The third-order valence-electron chi connectivity index (χ3n) is 2.69. The third kappa shape index (κ3) is 2.69. The van der Waals surface area contributed by atoms with Gasteiger partial charge in [-0.1, -0.05) is 6.42 Å². The van der Waals surface area contributed by atoms with Crippen molar-refractivity contribution in [3.8, 4) is 0 Å². The van der Waals surface area contributed by atoms with Gasteiger partial charge in [-0.3, -0.25) is 9.36 Å². The van der Waals surface area contributed by atoms with Crippen molar-refractivity contribution in [3.05, 3.63) is 22.4 Å². The summed E-state index contributed by atoms with van der Waals surface area (Å²) in [6.07, 6.45) is 4.80. The fraction of sp³-hybridized carbons (Fsp3) is 0.545. The maximum Gasteiger partial charge on any atom is 0.263 e. The Bertz CT molecular complexity index is 561. The Morgan fingerprint density at radius 2 is 2.24 bits per heavy atom. The van der Waals surface area contributed by atoms with Crippen LogP contribution in [0.3, 0.4) is 0 Å². The topological polar surface area (TPSA) is 47.8 Å². The SMILES string of the molecule is Cc1nsc2ncn(CCCCCS)c(=O)c12. The van der Waals surface area contributed by atoms with Gasteiger partial charge in [0.1, 0.15) is 0 Å². The van der Waals surface area contributed by atoms with Crippen LogP contribution in [0.15, 0.2) is 11.1 Å². The van der Waals surface area contributed by atoms with Gasteiger partial charge in [-0.2, -0.15) is 17.0 Å². The number of nitrogens with zero attached hydrogens (tertiary/aromatic N) is 3. The standard InChI is InChI=1S/C11H15N3OS2/c1-8-9-10(17-13-8)12-7-14(11(9)15)5-3-2-4-6-16/h7,16H,2-6H2,1H3. The third-order valence-corrected chi connectivity index (χ3v) is 3.85. The number of aryl methyl sites for hydroxylation is 2. The molecule has 4 nitrogen and oxygen atoms in total. The first kappa shape index (κ1) is 12.6. The molecule has 0 saturated carbocycles. The Morgan fingerprint density at radius 3 is 3.00 bits per heavy atom. The summed E-state index contributed by atoms with van der Waals surface area (Å²) in [7, 11) is 0. The molecule has 0 aliphatic carbocycles. The predicted molar refractivity (Wildman–Crippen MR) is 74.1 cm³/mol. The van der Waals surface area contributed by atoms with Crippen molar-refractivity contribution in [1.82, 2.24) is 13.9 Å². The monoisotopic (exact) mass is 269 g/mol. The second-order valence-corrected chi connectivity index (χ2v) is 5.17. The Kier molecular flexibility index (Phi) is 4.17. The van der Waals surface area contributed by atoms with Gasteiger partial charge in [0.15, 0.2) is 4.83 Å². The molecule has 0 aliphatic rings. The van der Waals surface area contributed by atoms with E-state index in [9.17, 15) is 4.79 Å². The second-order valence-electron chi connectivity index (χ2n) is 3.98. The van der Waals surface area contributed by atoms with Crippen molar-refractivity contribution >= 4 is 34.4 Å². The summed E-state index contributed by atoms with van der Waals surface area (Å²) < 4.78 is 5.85. The molecular weight excluding hydrogens is 254 g/mol. The van der Waals surface area contributed by atoms with Gasteiger partial charge < -0.3 is 0 Å². The number of fused-ring (bicyclic) bond motifs is 1. The lowest BCUT2D eigenvalue weighted by atomic mass is 10.2. The highest BCUT2D eigenvalue weighted by molar-refractivity contribution is 7.80. The Hall–Kier alpha value is -0.880. The van der Waals surface area contributed by atoms with E-state index in [0.29, 0.717) is 5.39 Å². The molecule has 0 aromatic carbocycles. The molecule has 0 bridgehead atoms. The summed E-state index contributed by atoms with van der Waals surface area (Å²) in [4.78, 5) is 17.1. The van der Waals surface area contributed by atoms with Gasteiger partial charge >= 0.3 is 0 Å². The van der Waals surface area contributed by atoms with Crippen LogP contribution in [0.2, 0.25) is 0 Å².